The molecule has 1 fully saturated rings. The van der Waals surface area contributed by atoms with Gasteiger partial charge in [0.1, 0.15) is 6.04 Å². The van der Waals surface area contributed by atoms with Crippen molar-refractivity contribution in [3.63, 3.8) is 0 Å². The molecule has 4 nitrogen and oxygen atoms in total. The van der Waals surface area contributed by atoms with Crippen LogP contribution in [0.1, 0.15) is 6.92 Å². The standard InChI is InChI=1S/C12H10Cl3NO3/c1-7(17)19-9-10(12(13,14)15)16(11(9)18)8-5-3-2-4-6-8/h2-6,9-10H,1H3/t9-,10-/m0/s1. The summed E-state index contributed by atoms with van der Waals surface area (Å²) in [5, 5.41) is 0. The predicted molar refractivity (Wildman–Crippen MR) is 73.6 cm³/mol. The lowest BCUT2D eigenvalue weighted by Crippen LogP contribution is -2.71. The Morgan fingerprint density at radius 3 is 2.32 bits per heavy atom. The van der Waals surface area contributed by atoms with Gasteiger partial charge >= 0.3 is 5.97 Å². The number of β-lactam (4-membered cyclic amide) rings is 1. The number of hydrogen-bond donors (Lipinski definition) is 0. The number of benzene rings is 1. The Hall–Kier alpha value is -0.970. The molecular formula is C12H10Cl3NO3. The number of rotatable bonds is 2. The first-order valence-electron chi connectivity index (χ1n) is 5.44. The Kier molecular flexibility index (Phi) is 3.95. The van der Waals surface area contributed by atoms with E-state index in [1.807, 2.05) is 6.07 Å². The molecule has 0 saturated carbocycles. The van der Waals surface area contributed by atoms with Gasteiger partial charge in [0.15, 0.2) is 0 Å². The summed E-state index contributed by atoms with van der Waals surface area (Å²) in [6.07, 6.45) is -1.06. The van der Waals surface area contributed by atoms with E-state index in [4.69, 9.17) is 39.5 Å². The molecule has 0 bridgehead atoms. The van der Waals surface area contributed by atoms with Crippen molar-refractivity contribution in [2.45, 2.75) is 22.9 Å². The van der Waals surface area contributed by atoms with Gasteiger partial charge in [0.25, 0.3) is 5.91 Å². The van der Waals surface area contributed by atoms with Crippen LogP contribution in [0.4, 0.5) is 5.69 Å². The molecule has 19 heavy (non-hydrogen) atoms. The van der Waals surface area contributed by atoms with Crippen molar-refractivity contribution in [1.82, 2.24) is 0 Å². The maximum Gasteiger partial charge on any atom is 0.303 e. The van der Waals surface area contributed by atoms with Gasteiger partial charge in [0.2, 0.25) is 9.90 Å². The second-order valence-electron chi connectivity index (χ2n) is 4.06. The van der Waals surface area contributed by atoms with Crippen molar-refractivity contribution < 1.29 is 14.3 Å². The number of para-hydroxylation sites is 1. The molecular weight excluding hydrogens is 312 g/mol. The van der Waals surface area contributed by atoms with E-state index in [0.29, 0.717) is 5.69 Å². The van der Waals surface area contributed by atoms with E-state index in [1.165, 1.54) is 11.8 Å². The van der Waals surface area contributed by atoms with Crippen molar-refractivity contribution in [2.24, 2.45) is 0 Å². The second kappa shape index (κ2) is 5.19. The number of carbonyl (C=O) groups excluding carboxylic acids is 2. The molecule has 1 aromatic rings. The fourth-order valence-electron chi connectivity index (χ4n) is 1.95. The van der Waals surface area contributed by atoms with Crippen molar-refractivity contribution in [3.8, 4) is 0 Å². The lowest BCUT2D eigenvalue weighted by molar-refractivity contribution is -0.160. The quantitative estimate of drug-likeness (QED) is 0.478. The minimum Gasteiger partial charge on any atom is -0.450 e. The van der Waals surface area contributed by atoms with Crippen LogP contribution in [0.25, 0.3) is 0 Å². The van der Waals surface area contributed by atoms with Crippen LogP contribution in [-0.2, 0) is 14.3 Å². The Morgan fingerprint density at radius 2 is 1.84 bits per heavy atom. The number of carbonyl (C=O) groups is 2. The number of esters is 1. The highest BCUT2D eigenvalue weighted by molar-refractivity contribution is 6.68. The third-order valence-electron chi connectivity index (χ3n) is 2.71. The van der Waals surface area contributed by atoms with E-state index in [1.54, 1.807) is 24.3 Å². The van der Waals surface area contributed by atoms with Gasteiger partial charge < -0.3 is 4.74 Å². The van der Waals surface area contributed by atoms with E-state index in [-0.39, 0.29) is 0 Å². The summed E-state index contributed by atoms with van der Waals surface area (Å²) in [5.74, 6) is -0.997. The number of amides is 1. The van der Waals surface area contributed by atoms with E-state index in [9.17, 15) is 9.59 Å². The van der Waals surface area contributed by atoms with Gasteiger partial charge in [-0.1, -0.05) is 53.0 Å². The molecule has 1 heterocycles. The van der Waals surface area contributed by atoms with Crippen LogP contribution < -0.4 is 4.90 Å². The maximum atomic E-state index is 12.0. The zero-order valence-electron chi connectivity index (χ0n) is 9.85. The van der Waals surface area contributed by atoms with Gasteiger partial charge in [-0.15, -0.1) is 0 Å². The van der Waals surface area contributed by atoms with Crippen LogP contribution in [0, 0.1) is 0 Å². The van der Waals surface area contributed by atoms with Gasteiger partial charge in [0, 0.05) is 12.6 Å². The summed E-state index contributed by atoms with van der Waals surface area (Å²) in [6.45, 7) is 1.20. The minimum absolute atomic E-state index is 0.405. The zero-order chi connectivity index (χ0) is 14.2. The van der Waals surface area contributed by atoms with Gasteiger partial charge in [0.05, 0.1) is 0 Å². The predicted octanol–water partition coefficient (Wildman–Crippen LogP) is 2.70. The van der Waals surface area contributed by atoms with Crippen molar-refractivity contribution in [3.05, 3.63) is 30.3 Å². The third kappa shape index (κ3) is 2.81. The highest BCUT2D eigenvalue weighted by atomic mass is 35.6. The van der Waals surface area contributed by atoms with Crippen LogP contribution in [0.3, 0.4) is 0 Å². The van der Waals surface area contributed by atoms with Gasteiger partial charge in [-0.3, -0.25) is 14.5 Å². The minimum atomic E-state index is -1.75. The van der Waals surface area contributed by atoms with Crippen LogP contribution in [0.2, 0.25) is 0 Å². The molecule has 1 aromatic carbocycles. The van der Waals surface area contributed by atoms with Gasteiger partial charge in [-0.05, 0) is 12.1 Å². The summed E-state index contributed by atoms with van der Waals surface area (Å²) in [5.41, 5.74) is 0.590. The average Bonchev–Trinajstić information content (AvgIpc) is 2.32. The number of alkyl halides is 3. The fraction of sp³-hybridized carbons (Fsp3) is 0.333. The Morgan fingerprint density at radius 1 is 1.26 bits per heavy atom. The monoisotopic (exact) mass is 321 g/mol. The molecule has 0 aliphatic carbocycles. The van der Waals surface area contributed by atoms with E-state index >= 15 is 0 Å². The first-order chi connectivity index (χ1) is 8.82. The average molecular weight is 323 g/mol. The summed E-state index contributed by atoms with van der Waals surface area (Å²) in [7, 11) is 0. The van der Waals surface area contributed by atoms with Crippen molar-refractivity contribution in [1.29, 1.82) is 0 Å². The van der Waals surface area contributed by atoms with Crippen LogP contribution in [-0.4, -0.2) is 27.8 Å². The number of hydrogen-bond acceptors (Lipinski definition) is 3. The smallest absolute Gasteiger partial charge is 0.303 e. The zero-order valence-corrected chi connectivity index (χ0v) is 12.1. The molecule has 0 N–H and O–H groups in total. The summed E-state index contributed by atoms with van der Waals surface area (Å²) in [4.78, 5) is 24.3. The summed E-state index contributed by atoms with van der Waals surface area (Å²) in [6, 6.07) is 7.92. The van der Waals surface area contributed by atoms with Crippen LogP contribution >= 0.6 is 34.8 Å². The summed E-state index contributed by atoms with van der Waals surface area (Å²) < 4.78 is 3.16. The molecule has 1 aliphatic heterocycles. The Labute approximate surface area is 125 Å². The fourth-order valence-corrected chi connectivity index (χ4v) is 2.59. The first-order valence-corrected chi connectivity index (χ1v) is 6.58. The van der Waals surface area contributed by atoms with E-state index in [2.05, 4.69) is 0 Å². The lowest BCUT2D eigenvalue weighted by atomic mass is 9.97. The van der Waals surface area contributed by atoms with Crippen molar-refractivity contribution >= 4 is 52.4 Å². The summed E-state index contributed by atoms with van der Waals surface area (Å²) >= 11 is 17.6. The molecule has 1 aliphatic rings. The van der Waals surface area contributed by atoms with Gasteiger partial charge in [-0.2, -0.15) is 0 Å². The number of nitrogens with zero attached hydrogens (tertiary/aromatic N) is 1. The topological polar surface area (TPSA) is 46.6 Å². The number of halogens is 3. The second-order valence-corrected chi connectivity index (χ2v) is 6.43. The Bertz CT molecular complexity index is 501. The molecule has 102 valence electrons. The van der Waals surface area contributed by atoms with Crippen molar-refractivity contribution in [2.75, 3.05) is 4.90 Å². The Balaban J connectivity index is 2.30. The SMILES string of the molecule is CC(=O)O[C@@H]1C(=O)N(c2ccccc2)[C@@H]1C(Cl)(Cl)Cl. The molecule has 0 unspecified atom stereocenters. The lowest BCUT2D eigenvalue weighted by Gasteiger charge is -2.48. The number of ether oxygens (including phenoxy) is 1. The first kappa shape index (κ1) is 14.4. The molecule has 2 rings (SSSR count). The van der Waals surface area contributed by atoms with Crippen LogP contribution in [0.5, 0.6) is 0 Å². The highest BCUT2D eigenvalue weighted by Crippen LogP contribution is 2.44. The molecule has 0 radical (unpaired) electrons. The maximum absolute atomic E-state index is 12.0. The number of anilines is 1. The third-order valence-corrected chi connectivity index (χ3v) is 3.38. The van der Waals surface area contributed by atoms with Gasteiger partial charge in [-0.25, -0.2) is 0 Å². The molecule has 0 aromatic heterocycles. The molecule has 1 saturated heterocycles. The largest absolute Gasteiger partial charge is 0.450 e. The molecule has 0 spiro atoms. The molecule has 7 heteroatoms. The highest BCUT2D eigenvalue weighted by Gasteiger charge is 2.59. The molecule has 1 amide bonds. The van der Waals surface area contributed by atoms with E-state index in [0.717, 1.165) is 0 Å². The van der Waals surface area contributed by atoms with Crippen LogP contribution in [0.15, 0.2) is 30.3 Å². The normalized spacial score (nSPS) is 22.9. The van der Waals surface area contributed by atoms with E-state index < -0.39 is 27.8 Å². The molecule has 2 atom stereocenters.